The third kappa shape index (κ3) is 4.28. The largest absolute Gasteiger partial charge is 0.383 e. The summed E-state index contributed by atoms with van der Waals surface area (Å²) in [6, 6.07) is 0. The fourth-order valence-corrected chi connectivity index (χ4v) is 2.88. The van der Waals surface area contributed by atoms with Crippen molar-refractivity contribution in [2.75, 3.05) is 17.2 Å². The standard InChI is InChI=1S/C16H20Cl2N6O4/c1-3-5-6-23-13(19)12(14(26)21-16(23)28)22(4-2)10(25)8-24-15(27)11(18)9(17)7-20-24/h7H,3-6,8,19H2,1-2H3,(H,21,26,28). The fourth-order valence-electron chi connectivity index (χ4n) is 2.61. The number of H-pyrrole nitrogens is 1. The van der Waals surface area contributed by atoms with Crippen LogP contribution in [0.3, 0.4) is 0 Å². The predicted molar refractivity (Wildman–Crippen MR) is 107 cm³/mol. The number of likely N-dealkylation sites (N-methyl/N-ethyl adjacent to an activating group) is 1. The van der Waals surface area contributed by atoms with E-state index in [0.29, 0.717) is 13.0 Å². The highest BCUT2D eigenvalue weighted by molar-refractivity contribution is 6.41. The lowest BCUT2D eigenvalue weighted by atomic mass is 10.3. The number of carbonyl (C=O) groups is 1. The first-order chi connectivity index (χ1) is 13.2. The highest BCUT2D eigenvalue weighted by Gasteiger charge is 2.24. The van der Waals surface area contributed by atoms with Gasteiger partial charge in [0.1, 0.15) is 17.4 Å². The summed E-state index contributed by atoms with van der Waals surface area (Å²) in [5.74, 6) is -0.750. The molecule has 2 heterocycles. The Kier molecular flexibility index (Phi) is 7.03. The van der Waals surface area contributed by atoms with E-state index < -0.39 is 29.3 Å². The Morgan fingerprint density at radius 1 is 1.29 bits per heavy atom. The number of carbonyl (C=O) groups excluding carboxylic acids is 1. The van der Waals surface area contributed by atoms with Crippen LogP contribution in [0.2, 0.25) is 10.0 Å². The van der Waals surface area contributed by atoms with Crippen LogP contribution in [0.4, 0.5) is 11.5 Å². The van der Waals surface area contributed by atoms with Gasteiger partial charge in [0.2, 0.25) is 5.91 Å². The number of rotatable bonds is 7. The molecule has 2 rings (SSSR count). The number of nitrogen functional groups attached to an aromatic ring is 1. The molecule has 152 valence electrons. The number of nitrogens with zero attached hydrogens (tertiary/aromatic N) is 4. The summed E-state index contributed by atoms with van der Waals surface area (Å²) in [5, 5.41) is 3.47. The van der Waals surface area contributed by atoms with E-state index in [9.17, 15) is 19.2 Å². The quantitative estimate of drug-likeness (QED) is 0.667. The molecule has 3 N–H and O–H groups in total. The van der Waals surface area contributed by atoms with Crippen LogP contribution in [0, 0.1) is 0 Å². The lowest BCUT2D eigenvalue weighted by Crippen LogP contribution is -2.43. The fraction of sp³-hybridized carbons (Fsp3) is 0.438. The number of hydrogen-bond donors (Lipinski definition) is 2. The molecule has 2 aromatic rings. The molecule has 0 radical (unpaired) electrons. The van der Waals surface area contributed by atoms with Gasteiger partial charge in [-0.15, -0.1) is 0 Å². The molecule has 0 aliphatic heterocycles. The van der Waals surface area contributed by atoms with Gasteiger partial charge in [-0.05, 0) is 13.3 Å². The maximum Gasteiger partial charge on any atom is 0.330 e. The summed E-state index contributed by atoms with van der Waals surface area (Å²) in [7, 11) is 0. The number of amides is 1. The Morgan fingerprint density at radius 2 is 1.96 bits per heavy atom. The zero-order valence-electron chi connectivity index (χ0n) is 15.4. The van der Waals surface area contributed by atoms with Crippen molar-refractivity contribution in [2.45, 2.75) is 39.8 Å². The second-order valence-corrected chi connectivity index (χ2v) is 6.69. The zero-order chi connectivity index (χ0) is 21.0. The van der Waals surface area contributed by atoms with Crippen molar-refractivity contribution in [2.24, 2.45) is 0 Å². The van der Waals surface area contributed by atoms with Crippen molar-refractivity contribution in [1.82, 2.24) is 19.3 Å². The summed E-state index contributed by atoms with van der Waals surface area (Å²) in [6.45, 7) is 3.45. The second-order valence-electron chi connectivity index (χ2n) is 5.91. The minimum absolute atomic E-state index is 0.0357. The number of anilines is 2. The third-order valence-corrected chi connectivity index (χ3v) is 4.81. The van der Waals surface area contributed by atoms with Crippen LogP contribution < -0.4 is 27.4 Å². The van der Waals surface area contributed by atoms with Gasteiger partial charge in [-0.2, -0.15) is 5.10 Å². The first kappa shape index (κ1) is 21.7. The number of halogens is 2. The molecule has 12 heteroatoms. The Morgan fingerprint density at radius 3 is 2.57 bits per heavy atom. The number of hydrogen-bond acceptors (Lipinski definition) is 6. The third-order valence-electron chi connectivity index (χ3n) is 4.06. The minimum atomic E-state index is -0.792. The predicted octanol–water partition coefficient (Wildman–Crippen LogP) is 0.835. The van der Waals surface area contributed by atoms with Gasteiger partial charge in [0.05, 0.1) is 11.2 Å². The van der Waals surface area contributed by atoms with Crippen LogP contribution in [0.1, 0.15) is 26.7 Å². The van der Waals surface area contributed by atoms with E-state index in [-0.39, 0.29) is 28.1 Å². The monoisotopic (exact) mass is 430 g/mol. The molecular formula is C16H20Cl2N6O4. The van der Waals surface area contributed by atoms with Crippen LogP contribution in [-0.2, 0) is 17.9 Å². The molecule has 28 heavy (non-hydrogen) atoms. The van der Waals surface area contributed by atoms with Gasteiger partial charge >= 0.3 is 5.69 Å². The van der Waals surface area contributed by atoms with E-state index in [1.807, 2.05) is 6.92 Å². The number of aromatic nitrogens is 4. The van der Waals surface area contributed by atoms with Crippen LogP contribution in [0.25, 0.3) is 0 Å². The lowest BCUT2D eigenvalue weighted by molar-refractivity contribution is -0.119. The molecule has 0 atom stereocenters. The summed E-state index contributed by atoms with van der Waals surface area (Å²) < 4.78 is 2.04. The van der Waals surface area contributed by atoms with Crippen LogP contribution in [0.5, 0.6) is 0 Å². The average Bonchev–Trinajstić information content (AvgIpc) is 2.65. The number of nitrogens with two attached hydrogens (primary N) is 1. The van der Waals surface area contributed by atoms with Gasteiger partial charge in [0, 0.05) is 13.1 Å². The average molecular weight is 431 g/mol. The van der Waals surface area contributed by atoms with Crippen LogP contribution in [-0.4, -0.2) is 31.8 Å². The van der Waals surface area contributed by atoms with Gasteiger partial charge in [0.15, 0.2) is 5.69 Å². The normalized spacial score (nSPS) is 10.9. The van der Waals surface area contributed by atoms with Crippen molar-refractivity contribution in [3.05, 3.63) is 47.4 Å². The summed E-state index contributed by atoms with van der Waals surface area (Å²) in [5.41, 5.74) is 3.70. The summed E-state index contributed by atoms with van der Waals surface area (Å²) in [6.07, 6.45) is 2.61. The first-order valence-electron chi connectivity index (χ1n) is 8.56. The minimum Gasteiger partial charge on any atom is -0.383 e. The van der Waals surface area contributed by atoms with Crippen molar-refractivity contribution in [3.63, 3.8) is 0 Å². The van der Waals surface area contributed by atoms with Gasteiger partial charge in [-0.1, -0.05) is 36.5 Å². The zero-order valence-corrected chi connectivity index (χ0v) is 16.9. The summed E-state index contributed by atoms with van der Waals surface area (Å²) in [4.78, 5) is 52.5. The summed E-state index contributed by atoms with van der Waals surface area (Å²) >= 11 is 11.5. The van der Waals surface area contributed by atoms with Crippen molar-refractivity contribution in [1.29, 1.82) is 0 Å². The number of aromatic amines is 1. The van der Waals surface area contributed by atoms with Crippen LogP contribution >= 0.6 is 23.2 Å². The molecule has 0 unspecified atom stereocenters. The molecule has 10 nitrogen and oxygen atoms in total. The van der Waals surface area contributed by atoms with Gasteiger partial charge in [0.25, 0.3) is 11.1 Å². The second kappa shape index (κ2) is 9.07. The maximum absolute atomic E-state index is 12.8. The highest BCUT2D eigenvalue weighted by atomic mass is 35.5. The highest BCUT2D eigenvalue weighted by Crippen LogP contribution is 2.18. The Balaban J connectivity index is 2.46. The molecule has 0 bridgehead atoms. The van der Waals surface area contributed by atoms with Crippen molar-refractivity contribution >= 4 is 40.6 Å². The van der Waals surface area contributed by atoms with Crippen molar-refractivity contribution < 1.29 is 4.79 Å². The van der Waals surface area contributed by atoms with E-state index >= 15 is 0 Å². The Hall–Kier alpha value is -2.59. The molecule has 0 saturated heterocycles. The first-order valence-corrected chi connectivity index (χ1v) is 9.32. The molecule has 0 aliphatic carbocycles. The topological polar surface area (TPSA) is 136 Å². The maximum atomic E-state index is 12.8. The van der Waals surface area contributed by atoms with Crippen LogP contribution in [0.15, 0.2) is 20.6 Å². The smallest absolute Gasteiger partial charge is 0.330 e. The SMILES string of the molecule is CCCCn1c(N)c(N(CC)C(=O)Cn2ncc(Cl)c(Cl)c2=O)c(=O)[nH]c1=O. The number of unbranched alkanes of at least 4 members (excludes halogenated alkanes) is 1. The molecule has 0 fully saturated rings. The Bertz CT molecular complexity index is 1060. The molecule has 0 saturated carbocycles. The molecule has 0 aliphatic rings. The molecule has 0 aromatic carbocycles. The molecule has 1 amide bonds. The van der Waals surface area contributed by atoms with Crippen molar-refractivity contribution in [3.8, 4) is 0 Å². The Labute approximate surface area is 169 Å². The lowest BCUT2D eigenvalue weighted by Gasteiger charge is -2.23. The van der Waals surface area contributed by atoms with Gasteiger partial charge < -0.3 is 10.6 Å². The van der Waals surface area contributed by atoms with E-state index in [0.717, 1.165) is 22.2 Å². The van der Waals surface area contributed by atoms with Gasteiger partial charge in [-0.25, -0.2) is 9.48 Å². The molecule has 0 spiro atoms. The van der Waals surface area contributed by atoms with E-state index in [4.69, 9.17) is 28.9 Å². The van der Waals surface area contributed by atoms with Gasteiger partial charge in [-0.3, -0.25) is 23.9 Å². The number of nitrogens with one attached hydrogen (secondary N) is 1. The van der Waals surface area contributed by atoms with E-state index in [2.05, 4.69) is 10.1 Å². The molecular weight excluding hydrogens is 411 g/mol. The molecule has 2 aromatic heterocycles. The van der Waals surface area contributed by atoms with E-state index in [1.165, 1.54) is 4.57 Å². The van der Waals surface area contributed by atoms with E-state index in [1.54, 1.807) is 6.92 Å².